The van der Waals surface area contributed by atoms with Crippen LogP contribution >= 0.6 is 0 Å². The van der Waals surface area contributed by atoms with E-state index in [0.717, 1.165) is 11.1 Å². The molecule has 3 heterocycles. The summed E-state index contributed by atoms with van der Waals surface area (Å²) in [4.78, 5) is 1.74. The Morgan fingerprint density at radius 3 is 2.54 bits per heavy atom. The first-order valence-electron chi connectivity index (χ1n) is 8.46. The normalized spacial score (nSPS) is 11.9. The number of nitrogens with zero attached hydrogens (tertiary/aromatic N) is 7. The van der Waals surface area contributed by atoms with Crippen molar-refractivity contribution < 1.29 is 13.2 Å². The second-order valence-corrected chi connectivity index (χ2v) is 6.37. The quantitative estimate of drug-likeness (QED) is 0.527. The van der Waals surface area contributed by atoms with Crippen LogP contribution in [0.4, 0.5) is 19.0 Å². The lowest BCUT2D eigenvalue weighted by atomic mass is 10.2. The van der Waals surface area contributed by atoms with E-state index in [1.807, 2.05) is 41.2 Å². The van der Waals surface area contributed by atoms with Crippen molar-refractivity contribution in [2.45, 2.75) is 19.3 Å². The lowest BCUT2D eigenvalue weighted by molar-refractivity contribution is -0.146. The minimum Gasteiger partial charge on any atom is -0.354 e. The molecule has 4 aromatic rings. The highest BCUT2D eigenvalue weighted by Crippen LogP contribution is 2.28. The number of fused-ring (bicyclic) bond motifs is 1. The second kappa shape index (κ2) is 6.95. The van der Waals surface area contributed by atoms with Gasteiger partial charge in [-0.2, -0.15) is 22.8 Å². The zero-order chi connectivity index (χ0) is 19.7. The molecule has 28 heavy (non-hydrogen) atoms. The predicted molar refractivity (Wildman–Crippen MR) is 95.7 cm³/mol. The van der Waals surface area contributed by atoms with Gasteiger partial charge in [-0.15, -0.1) is 15.3 Å². The number of halogens is 3. The fourth-order valence-electron chi connectivity index (χ4n) is 2.86. The number of hydrogen-bond acceptors (Lipinski definition) is 5. The van der Waals surface area contributed by atoms with Crippen LogP contribution < -0.4 is 4.90 Å². The number of anilines is 1. The van der Waals surface area contributed by atoms with Gasteiger partial charge in [0.1, 0.15) is 5.82 Å². The lowest BCUT2D eigenvalue weighted by Crippen LogP contribution is -2.20. The number of aromatic nitrogens is 6. The zero-order valence-corrected chi connectivity index (χ0v) is 14.9. The molecule has 0 saturated carbocycles. The van der Waals surface area contributed by atoms with Crippen molar-refractivity contribution in [3.8, 4) is 0 Å². The van der Waals surface area contributed by atoms with Gasteiger partial charge in [0.2, 0.25) is 0 Å². The van der Waals surface area contributed by atoms with Crippen LogP contribution in [0.2, 0.25) is 0 Å². The molecule has 0 aliphatic heterocycles. The maximum atomic E-state index is 13.0. The third-order valence-corrected chi connectivity index (χ3v) is 4.19. The average molecular weight is 387 g/mol. The largest absolute Gasteiger partial charge is 0.453 e. The highest BCUT2D eigenvalue weighted by Gasteiger charge is 2.37. The molecule has 0 N–H and O–H groups in total. The summed E-state index contributed by atoms with van der Waals surface area (Å²) in [5.41, 5.74) is 2.09. The molecule has 0 spiro atoms. The Morgan fingerprint density at radius 1 is 1.00 bits per heavy atom. The monoisotopic (exact) mass is 387 g/mol. The Kier molecular flexibility index (Phi) is 4.46. The van der Waals surface area contributed by atoms with Crippen LogP contribution in [0.1, 0.15) is 17.0 Å². The summed E-state index contributed by atoms with van der Waals surface area (Å²) >= 11 is 0. The molecule has 0 fully saturated rings. The summed E-state index contributed by atoms with van der Waals surface area (Å²) in [5.74, 6) is -0.776. The lowest BCUT2D eigenvalue weighted by Gasteiger charge is -2.17. The molecule has 1 aromatic carbocycles. The molecule has 4 rings (SSSR count). The van der Waals surface area contributed by atoms with Crippen molar-refractivity contribution >= 4 is 11.5 Å². The Bertz CT molecular complexity index is 1090. The van der Waals surface area contributed by atoms with Crippen molar-refractivity contribution in [3.63, 3.8) is 0 Å². The molecule has 0 unspecified atom stereocenters. The maximum absolute atomic E-state index is 13.0. The maximum Gasteiger partial charge on any atom is 0.453 e. The standard InChI is InChI=1S/C18H16F3N7/c1-26(10-14-9-22-27(12-14)11-13-5-3-2-4-6-13)16-8-7-15-23-24-17(18(19,20)21)28(15)25-16/h2-9,12H,10-11H2,1H3. The fourth-order valence-corrected chi connectivity index (χ4v) is 2.86. The van der Waals surface area contributed by atoms with Gasteiger partial charge in [-0.05, 0) is 17.7 Å². The molecule has 0 bridgehead atoms. The van der Waals surface area contributed by atoms with Gasteiger partial charge in [0.25, 0.3) is 5.82 Å². The number of hydrogen-bond donors (Lipinski definition) is 0. The van der Waals surface area contributed by atoms with Crippen LogP contribution in [0.3, 0.4) is 0 Å². The summed E-state index contributed by atoms with van der Waals surface area (Å²) in [6.45, 7) is 1.08. The Hall–Kier alpha value is -3.43. The zero-order valence-electron chi connectivity index (χ0n) is 14.9. The van der Waals surface area contributed by atoms with E-state index < -0.39 is 12.0 Å². The van der Waals surface area contributed by atoms with Crippen LogP contribution in [0.5, 0.6) is 0 Å². The van der Waals surface area contributed by atoms with Crippen LogP contribution in [0, 0.1) is 0 Å². The van der Waals surface area contributed by atoms with Gasteiger partial charge < -0.3 is 4.90 Å². The molecule has 0 atom stereocenters. The molecule has 10 heteroatoms. The first kappa shape index (κ1) is 18.0. The molecule has 144 valence electrons. The SMILES string of the molecule is CN(Cc1cnn(Cc2ccccc2)c1)c1ccc2nnc(C(F)(F)F)n2n1. The van der Waals surface area contributed by atoms with Gasteiger partial charge in [-0.25, -0.2) is 0 Å². The summed E-state index contributed by atoms with van der Waals surface area (Å²) in [6.07, 6.45) is -0.984. The molecule has 3 aromatic heterocycles. The molecule has 0 aliphatic rings. The Balaban J connectivity index is 1.51. The molecule has 0 radical (unpaired) electrons. The predicted octanol–water partition coefficient (Wildman–Crippen LogP) is 3.02. The van der Waals surface area contributed by atoms with Gasteiger partial charge in [-0.3, -0.25) is 4.68 Å². The smallest absolute Gasteiger partial charge is 0.354 e. The second-order valence-electron chi connectivity index (χ2n) is 6.37. The average Bonchev–Trinajstić information content (AvgIpc) is 3.28. The number of alkyl halides is 3. The van der Waals surface area contributed by atoms with E-state index in [2.05, 4.69) is 20.4 Å². The molecule has 0 aliphatic carbocycles. The van der Waals surface area contributed by atoms with Gasteiger partial charge in [0.15, 0.2) is 5.65 Å². The van der Waals surface area contributed by atoms with E-state index in [4.69, 9.17) is 0 Å². The molecular formula is C18H16F3N7. The van der Waals surface area contributed by atoms with Crippen LogP contribution in [-0.2, 0) is 19.3 Å². The molecule has 0 saturated heterocycles. The van der Waals surface area contributed by atoms with Crippen molar-refractivity contribution in [3.05, 3.63) is 71.8 Å². The summed E-state index contributed by atoms with van der Waals surface area (Å²) < 4.78 is 41.6. The van der Waals surface area contributed by atoms with Crippen LogP contribution in [0.25, 0.3) is 5.65 Å². The fraction of sp³-hybridized carbons (Fsp3) is 0.222. The van der Waals surface area contributed by atoms with E-state index >= 15 is 0 Å². The van der Waals surface area contributed by atoms with E-state index in [0.29, 0.717) is 23.4 Å². The third kappa shape index (κ3) is 3.66. The van der Waals surface area contributed by atoms with Crippen molar-refractivity contribution in [1.29, 1.82) is 0 Å². The third-order valence-electron chi connectivity index (χ3n) is 4.19. The van der Waals surface area contributed by atoms with E-state index in [1.165, 1.54) is 6.07 Å². The van der Waals surface area contributed by atoms with Crippen LogP contribution in [-0.4, -0.2) is 36.6 Å². The van der Waals surface area contributed by atoms with E-state index in [-0.39, 0.29) is 5.65 Å². The summed E-state index contributed by atoms with van der Waals surface area (Å²) in [6, 6.07) is 13.0. The van der Waals surface area contributed by atoms with E-state index in [1.54, 1.807) is 24.2 Å². The van der Waals surface area contributed by atoms with Crippen molar-refractivity contribution in [2.75, 3.05) is 11.9 Å². The molecular weight excluding hydrogens is 371 g/mol. The first-order valence-corrected chi connectivity index (χ1v) is 8.46. The van der Waals surface area contributed by atoms with Gasteiger partial charge in [0.05, 0.1) is 12.7 Å². The number of rotatable bonds is 5. The minimum atomic E-state index is -4.62. The topological polar surface area (TPSA) is 64.1 Å². The summed E-state index contributed by atoms with van der Waals surface area (Å²) in [7, 11) is 1.75. The number of benzene rings is 1. The first-order chi connectivity index (χ1) is 13.4. The Morgan fingerprint density at radius 2 is 1.79 bits per heavy atom. The molecule has 7 nitrogen and oxygen atoms in total. The highest BCUT2D eigenvalue weighted by atomic mass is 19.4. The van der Waals surface area contributed by atoms with Gasteiger partial charge in [0, 0.05) is 25.4 Å². The molecule has 0 amide bonds. The minimum absolute atomic E-state index is 0.0418. The van der Waals surface area contributed by atoms with Crippen molar-refractivity contribution in [2.24, 2.45) is 0 Å². The Labute approximate surface area is 158 Å². The van der Waals surface area contributed by atoms with E-state index in [9.17, 15) is 13.2 Å². The van der Waals surface area contributed by atoms with Gasteiger partial charge >= 0.3 is 6.18 Å². The summed E-state index contributed by atoms with van der Waals surface area (Å²) in [5, 5.41) is 15.1. The van der Waals surface area contributed by atoms with Gasteiger partial charge in [-0.1, -0.05) is 30.3 Å². The van der Waals surface area contributed by atoms with Crippen molar-refractivity contribution in [1.82, 2.24) is 29.6 Å². The van der Waals surface area contributed by atoms with Crippen LogP contribution in [0.15, 0.2) is 54.9 Å². The highest BCUT2D eigenvalue weighted by molar-refractivity contribution is 5.45.